The van der Waals surface area contributed by atoms with E-state index >= 15 is 0 Å². The largest absolute Gasteiger partial charge is 0.462 e. The van der Waals surface area contributed by atoms with Gasteiger partial charge in [0.15, 0.2) is 6.10 Å². The Morgan fingerprint density at radius 2 is 0.689 bits per heavy atom. The van der Waals surface area contributed by atoms with E-state index in [0.29, 0.717) is 12.8 Å². The molecule has 0 saturated carbocycles. The predicted octanol–water partition coefficient (Wildman–Crippen LogP) is 12.3. The summed E-state index contributed by atoms with van der Waals surface area (Å²) >= 11 is 0. The molecule has 0 aliphatic carbocycles. The maximum Gasteiger partial charge on any atom is 0.306 e. The van der Waals surface area contributed by atoms with Crippen LogP contribution in [-0.2, 0) is 19.1 Å². The van der Waals surface area contributed by atoms with E-state index in [1.807, 2.05) is 0 Å². The number of hydrogen-bond donors (Lipinski definition) is 1. The summed E-state index contributed by atoms with van der Waals surface area (Å²) in [5, 5.41) is 9.55. The molecule has 45 heavy (non-hydrogen) atoms. The van der Waals surface area contributed by atoms with E-state index in [0.717, 1.165) is 32.1 Å². The molecule has 0 bridgehead atoms. The fourth-order valence-electron chi connectivity index (χ4n) is 6.08. The zero-order valence-electron chi connectivity index (χ0n) is 30.4. The number of carbonyl (C=O) groups is 2. The Balaban J connectivity index is 3.49. The van der Waals surface area contributed by atoms with Crippen molar-refractivity contribution in [2.75, 3.05) is 13.2 Å². The van der Waals surface area contributed by atoms with E-state index in [1.165, 1.54) is 167 Å². The third kappa shape index (κ3) is 35.6. The van der Waals surface area contributed by atoms with Crippen molar-refractivity contribution in [3.63, 3.8) is 0 Å². The molecular formula is C40H78O5. The minimum atomic E-state index is -0.761. The zero-order chi connectivity index (χ0) is 32.9. The highest BCUT2D eigenvalue weighted by Crippen LogP contribution is 2.16. The summed E-state index contributed by atoms with van der Waals surface area (Å²) in [6, 6.07) is 0. The summed E-state index contributed by atoms with van der Waals surface area (Å²) < 4.78 is 10.6. The number of esters is 2. The fourth-order valence-corrected chi connectivity index (χ4v) is 6.08. The van der Waals surface area contributed by atoms with Crippen LogP contribution in [0.3, 0.4) is 0 Å². The van der Waals surface area contributed by atoms with E-state index in [1.54, 1.807) is 0 Å². The molecule has 5 heteroatoms. The van der Waals surface area contributed by atoms with E-state index in [4.69, 9.17) is 9.47 Å². The van der Waals surface area contributed by atoms with Crippen LogP contribution in [0, 0.1) is 0 Å². The molecule has 0 aliphatic rings. The lowest BCUT2D eigenvalue weighted by molar-refractivity contribution is -0.161. The molecule has 0 spiro atoms. The van der Waals surface area contributed by atoms with Gasteiger partial charge in [0, 0.05) is 12.8 Å². The Morgan fingerprint density at radius 3 is 0.978 bits per heavy atom. The first kappa shape index (κ1) is 43.9. The van der Waals surface area contributed by atoms with Gasteiger partial charge in [0.25, 0.3) is 0 Å². The third-order valence-corrected chi connectivity index (χ3v) is 9.15. The van der Waals surface area contributed by atoms with Crippen LogP contribution in [0.2, 0.25) is 0 Å². The molecule has 1 N–H and O–H groups in total. The first-order valence-corrected chi connectivity index (χ1v) is 20.1. The minimum Gasteiger partial charge on any atom is -0.462 e. The third-order valence-electron chi connectivity index (χ3n) is 9.15. The molecule has 0 amide bonds. The maximum atomic E-state index is 12.2. The molecule has 0 rings (SSSR count). The summed E-state index contributed by atoms with van der Waals surface area (Å²) in [6.07, 6.45) is 40.2. The second-order valence-electron chi connectivity index (χ2n) is 13.7. The first-order chi connectivity index (χ1) is 22.1. The molecule has 0 aliphatic heterocycles. The Bertz CT molecular complexity index is 607. The molecule has 0 fully saturated rings. The number of aliphatic hydroxyl groups excluding tert-OH is 1. The van der Waals surface area contributed by atoms with Crippen molar-refractivity contribution in [2.24, 2.45) is 0 Å². The van der Waals surface area contributed by atoms with Crippen LogP contribution < -0.4 is 0 Å². The second-order valence-corrected chi connectivity index (χ2v) is 13.7. The van der Waals surface area contributed by atoms with Crippen molar-refractivity contribution in [3.05, 3.63) is 0 Å². The number of carbonyl (C=O) groups excluding carboxylic acids is 2. The maximum absolute atomic E-state index is 12.2. The minimum absolute atomic E-state index is 0.0568. The molecule has 0 radical (unpaired) electrons. The second kappa shape index (κ2) is 37.4. The summed E-state index contributed by atoms with van der Waals surface area (Å²) in [7, 11) is 0. The van der Waals surface area contributed by atoms with Gasteiger partial charge in [-0.25, -0.2) is 0 Å². The van der Waals surface area contributed by atoms with Gasteiger partial charge in [-0.05, 0) is 12.8 Å². The average Bonchev–Trinajstić information content (AvgIpc) is 3.04. The van der Waals surface area contributed by atoms with Crippen molar-refractivity contribution in [3.8, 4) is 0 Å². The zero-order valence-corrected chi connectivity index (χ0v) is 30.4. The monoisotopic (exact) mass is 639 g/mol. The van der Waals surface area contributed by atoms with Gasteiger partial charge in [0.1, 0.15) is 6.61 Å². The van der Waals surface area contributed by atoms with Gasteiger partial charge in [-0.3, -0.25) is 9.59 Å². The van der Waals surface area contributed by atoms with Crippen LogP contribution in [-0.4, -0.2) is 36.4 Å². The Morgan fingerprint density at radius 1 is 0.422 bits per heavy atom. The van der Waals surface area contributed by atoms with Gasteiger partial charge < -0.3 is 14.6 Å². The lowest BCUT2D eigenvalue weighted by Crippen LogP contribution is -2.28. The topological polar surface area (TPSA) is 72.8 Å². The molecule has 1 unspecified atom stereocenters. The molecule has 0 heterocycles. The molecular weight excluding hydrogens is 560 g/mol. The van der Waals surface area contributed by atoms with Crippen LogP contribution >= 0.6 is 0 Å². The highest BCUT2D eigenvalue weighted by molar-refractivity contribution is 5.70. The number of aliphatic hydroxyl groups is 1. The van der Waals surface area contributed by atoms with Gasteiger partial charge in [0.05, 0.1) is 6.61 Å². The van der Waals surface area contributed by atoms with Crippen LogP contribution in [0.1, 0.15) is 226 Å². The summed E-state index contributed by atoms with van der Waals surface area (Å²) in [5.74, 6) is -0.574. The fraction of sp³-hybridized carbons (Fsp3) is 0.950. The van der Waals surface area contributed by atoms with Crippen molar-refractivity contribution >= 4 is 11.9 Å². The van der Waals surface area contributed by atoms with E-state index in [-0.39, 0.29) is 25.2 Å². The van der Waals surface area contributed by atoms with Gasteiger partial charge in [-0.1, -0.05) is 200 Å². The first-order valence-electron chi connectivity index (χ1n) is 20.1. The number of ether oxygens (including phenoxy) is 2. The highest BCUT2D eigenvalue weighted by Gasteiger charge is 2.16. The Labute approximate surface area is 280 Å². The van der Waals surface area contributed by atoms with Gasteiger partial charge in [0.2, 0.25) is 0 Å². The van der Waals surface area contributed by atoms with Crippen molar-refractivity contribution in [1.82, 2.24) is 0 Å². The summed E-state index contributed by atoms with van der Waals surface area (Å²) in [4.78, 5) is 24.2. The van der Waals surface area contributed by atoms with E-state index in [9.17, 15) is 14.7 Å². The average molecular weight is 639 g/mol. The number of hydrogen-bond acceptors (Lipinski definition) is 5. The van der Waals surface area contributed by atoms with Crippen molar-refractivity contribution in [2.45, 2.75) is 232 Å². The standard InChI is InChI=1S/C40H78O5/c1-3-5-7-9-11-13-15-17-19-21-23-25-27-29-31-33-35-40(43)45-38(36-41)37-44-39(42)34-32-30-28-26-24-22-20-18-16-14-12-10-8-6-4-2/h38,41H,3-37H2,1-2H3. The van der Waals surface area contributed by atoms with Crippen molar-refractivity contribution < 1.29 is 24.2 Å². The van der Waals surface area contributed by atoms with Crippen LogP contribution in [0.5, 0.6) is 0 Å². The molecule has 0 saturated heterocycles. The van der Waals surface area contributed by atoms with Crippen LogP contribution in [0.4, 0.5) is 0 Å². The van der Waals surface area contributed by atoms with Gasteiger partial charge >= 0.3 is 11.9 Å². The molecule has 5 nitrogen and oxygen atoms in total. The molecule has 268 valence electrons. The molecule has 1 atom stereocenters. The van der Waals surface area contributed by atoms with Crippen LogP contribution in [0.15, 0.2) is 0 Å². The number of rotatable bonds is 37. The molecule has 0 aromatic rings. The number of unbranched alkanes of at least 4 members (excludes halogenated alkanes) is 29. The van der Waals surface area contributed by atoms with Gasteiger partial charge in [-0.2, -0.15) is 0 Å². The summed E-state index contributed by atoms with van der Waals surface area (Å²) in [5.41, 5.74) is 0. The molecule has 0 aromatic carbocycles. The SMILES string of the molecule is CCCCCCCCCCCCCCCCCCC(=O)OC(CO)COC(=O)CCCCCCCCCCCCCCCCC. The van der Waals surface area contributed by atoms with Gasteiger partial charge in [-0.15, -0.1) is 0 Å². The van der Waals surface area contributed by atoms with Crippen LogP contribution in [0.25, 0.3) is 0 Å². The smallest absolute Gasteiger partial charge is 0.306 e. The predicted molar refractivity (Wildman–Crippen MR) is 192 cm³/mol. The lowest BCUT2D eigenvalue weighted by Gasteiger charge is -2.15. The highest BCUT2D eigenvalue weighted by atomic mass is 16.6. The normalized spacial score (nSPS) is 12.0. The van der Waals surface area contributed by atoms with Crippen molar-refractivity contribution in [1.29, 1.82) is 0 Å². The Kier molecular flexibility index (Phi) is 36.4. The quantitative estimate of drug-likeness (QED) is 0.0541. The van der Waals surface area contributed by atoms with E-state index < -0.39 is 6.10 Å². The van der Waals surface area contributed by atoms with E-state index in [2.05, 4.69) is 13.8 Å². The molecule has 0 aromatic heterocycles. The Hall–Kier alpha value is -1.10. The lowest BCUT2D eigenvalue weighted by atomic mass is 10.0. The summed E-state index contributed by atoms with van der Waals surface area (Å²) in [6.45, 7) is 4.17.